The summed E-state index contributed by atoms with van der Waals surface area (Å²) in [6, 6.07) is 6.74. The van der Waals surface area contributed by atoms with E-state index in [4.69, 9.17) is 11.5 Å². The Hall–Kier alpha value is -2.96. The molecule has 4 N–H and O–H groups in total. The molecule has 5 aliphatic rings. The van der Waals surface area contributed by atoms with Crippen LogP contribution >= 0.6 is 0 Å². The first-order valence-electron chi connectivity index (χ1n) is 11.8. The lowest BCUT2D eigenvalue weighted by atomic mass is 10.0. The number of primary amides is 1. The summed E-state index contributed by atoms with van der Waals surface area (Å²) in [6.07, 6.45) is 4.15. The van der Waals surface area contributed by atoms with Crippen LogP contribution in [-0.2, 0) is 16.0 Å². The number of fused-ring (bicyclic) bond motifs is 4. The summed E-state index contributed by atoms with van der Waals surface area (Å²) in [5.41, 5.74) is 14.4. The van der Waals surface area contributed by atoms with Gasteiger partial charge in [-0.2, -0.15) is 5.26 Å². The van der Waals surface area contributed by atoms with Crippen LogP contribution in [0.1, 0.15) is 53.2 Å². The maximum absolute atomic E-state index is 13.3. The number of benzene rings is 1. The maximum atomic E-state index is 13.3. The van der Waals surface area contributed by atoms with Gasteiger partial charge in [-0.1, -0.05) is 6.07 Å². The summed E-state index contributed by atoms with van der Waals surface area (Å²) in [5, 5.41) is 9.39. The van der Waals surface area contributed by atoms with Gasteiger partial charge in [-0.3, -0.25) is 19.3 Å². The third-order valence-corrected chi connectivity index (χ3v) is 8.38. The first-order valence-corrected chi connectivity index (χ1v) is 11.8. The highest BCUT2D eigenvalue weighted by molar-refractivity contribution is 5.93. The molecule has 9 heteroatoms. The number of carbonyl (C=O) groups is 3. The van der Waals surface area contributed by atoms with Crippen LogP contribution in [0.3, 0.4) is 0 Å². The van der Waals surface area contributed by atoms with Crippen molar-refractivity contribution in [2.75, 3.05) is 13.1 Å². The van der Waals surface area contributed by atoms with Crippen LogP contribution < -0.4 is 11.5 Å². The van der Waals surface area contributed by atoms with Gasteiger partial charge in [-0.05, 0) is 61.3 Å². The zero-order valence-corrected chi connectivity index (χ0v) is 18.4. The van der Waals surface area contributed by atoms with E-state index in [1.807, 2.05) is 17.0 Å². The Morgan fingerprint density at radius 3 is 2.76 bits per heavy atom. The molecule has 1 aromatic carbocycles. The molecule has 2 aliphatic carbocycles. The van der Waals surface area contributed by atoms with E-state index in [0.29, 0.717) is 24.6 Å². The summed E-state index contributed by atoms with van der Waals surface area (Å²) in [4.78, 5) is 43.6. The Kier molecular flexibility index (Phi) is 4.55. The lowest BCUT2D eigenvalue weighted by Crippen LogP contribution is -2.57. The molecule has 1 unspecified atom stereocenters. The van der Waals surface area contributed by atoms with Crippen molar-refractivity contribution in [2.45, 2.75) is 68.4 Å². The fourth-order valence-corrected chi connectivity index (χ4v) is 6.75. The molecule has 3 heterocycles. The van der Waals surface area contributed by atoms with Gasteiger partial charge in [-0.25, -0.2) is 0 Å². The van der Waals surface area contributed by atoms with E-state index in [1.54, 1.807) is 11.0 Å². The number of rotatable bonds is 5. The van der Waals surface area contributed by atoms with Crippen molar-refractivity contribution in [2.24, 2.45) is 17.4 Å². The third-order valence-electron chi connectivity index (χ3n) is 8.38. The normalized spacial score (nSPS) is 34.8. The number of nitrogens with two attached hydrogens (primary N) is 2. The summed E-state index contributed by atoms with van der Waals surface area (Å²) in [6.45, 7) is 1.05. The minimum absolute atomic E-state index is 0.0228. The van der Waals surface area contributed by atoms with E-state index in [2.05, 4.69) is 11.0 Å². The van der Waals surface area contributed by atoms with E-state index < -0.39 is 11.9 Å². The second-order valence-electron chi connectivity index (χ2n) is 10.2. The largest absolute Gasteiger partial charge is 0.366 e. The topological polar surface area (TPSA) is 137 Å². The molecule has 0 radical (unpaired) electrons. The van der Waals surface area contributed by atoms with Crippen molar-refractivity contribution in [3.05, 3.63) is 34.9 Å². The van der Waals surface area contributed by atoms with Crippen LogP contribution in [0.25, 0.3) is 0 Å². The van der Waals surface area contributed by atoms with Crippen LogP contribution in [0, 0.1) is 17.2 Å². The van der Waals surface area contributed by atoms with E-state index in [9.17, 15) is 19.6 Å². The number of likely N-dealkylation sites (tertiary alicyclic amines) is 3. The van der Waals surface area contributed by atoms with Crippen LogP contribution in [0.2, 0.25) is 0 Å². The molecular formula is C24H28N6O3. The molecular weight excluding hydrogens is 420 g/mol. The molecule has 6 rings (SSSR count). The molecule has 1 aromatic rings. The number of amides is 3. The van der Waals surface area contributed by atoms with Crippen LogP contribution in [0.15, 0.2) is 18.2 Å². The molecule has 1 saturated carbocycles. The number of hydrogen-bond acceptors (Lipinski definition) is 6. The average Bonchev–Trinajstić information content (AvgIpc) is 3.15. The number of piperazine rings is 1. The highest BCUT2D eigenvalue weighted by Gasteiger charge is 2.56. The minimum Gasteiger partial charge on any atom is -0.366 e. The van der Waals surface area contributed by atoms with Gasteiger partial charge in [0.1, 0.15) is 6.04 Å². The van der Waals surface area contributed by atoms with Crippen LogP contribution in [0.4, 0.5) is 0 Å². The number of piperidine rings is 1. The molecule has 33 heavy (non-hydrogen) atoms. The van der Waals surface area contributed by atoms with Gasteiger partial charge < -0.3 is 21.3 Å². The fraction of sp³-hybridized carbons (Fsp3) is 0.583. The Bertz CT molecular complexity index is 1100. The number of carbonyl (C=O) groups excluding carboxylic acids is 3. The Morgan fingerprint density at radius 2 is 2.03 bits per heavy atom. The van der Waals surface area contributed by atoms with Gasteiger partial charge in [-0.15, -0.1) is 0 Å². The SMILES string of the molecule is N#C[C@@H]1CC2C[C@@H]2N1C(=O)[C@@H](N)CN1C[C@@H]2C[C@H]1C(=O)N2[C@@H]1CCc2cc(C(N)=O)ccc21. The number of hydrogen-bond donors (Lipinski definition) is 2. The van der Waals surface area contributed by atoms with E-state index >= 15 is 0 Å². The monoisotopic (exact) mass is 448 g/mol. The molecule has 3 amide bonds. The summed E-state index contributed by atoms with van der Waals surface area (Å²) < 4.78 is 0. The van der Waals surface area contributed by atoms with Gasteiger partial charge >= 0.3 is 0 Å². The first-order chi connectivity index (χ1) is 15.9. The first kappa shape index (κ1) is 20.6. The lowest BCUT2D eigenvalue weighted by molar-refractivity contribution is -0.141. The number of nitriles is 1. The van der Waals surface area contributed by atoms with Crippen LogP contribution in [0.5, 0.6) is 0 Å². The average molecular weight is 449 g/mol. The quantitative estimate of drug-likeness (QED) is 0.645. The van der Waals surface area contributed by atoms with Crippen molar-refractivity contribution < 1.29 is 14.4 Å². The van der Waals surface area contributed by atoms with Crippen molar-refractivity contribution >= 4 is 17.7 Å². The van der Waals surface area contributed by atoms with Crippen molar-refractivity contribution in [1.29, 1.82) is 5.26 Å². The zero-order valence-electron chi connectivity index (χ0n) is 18.4. The smallest absolute Gasteiger partial charge is 0.248 e. The molecule has 7 atom stereocenters. The number of aryl methyl sites for hydroxylation is 1. The Morgan fingerprint density at radius 1 is 1.21 bits per heavy atom. The molecule has 0 spiro atoms. The minimum atomic E-state index is -0.722. The number of nitrogens with zero attached hydrogens (tertiary/aromatic N) is 4. The molecule has 3 saturated heterocycles. The van der Waals surface area contributed by atoms with Gasteiger partial charge in [0.2, 0.25) is 17.7 Å². The summed E-state index contributed by atoms with van der Waals surface area (Å²) >= 11 is 0. The van der Waals surface area contributed by atoms with E-state index in [1.165, 1.54) is 0 Å². The van der Waals surface area contributed by atoms with Crippen molar-refractivity contribution in [1.82, 2.24) is 14.7 Å². The predicted molar refractivity (Wildman–Crippen MR) is 117 cm³/mol. The molecule has 9 nitrogen and oxygen atoms in total. The van der Waals surface area contributed by atoms with Gasteiger partial charge in [0.25, 0.3) is 0 Å². The van der Waals surface area contributed by atoms with Gasteiger partial charge in [0, 0.05) is 30.7 Å². The zero-order chi connectivity index (χ0) is 23.0. The third kappa shape index (κ3) is 3.08. The summed E-state index contributed by atoms with van der Waals surface area (Å²) in [5.74, 6) is -0.0435. The van der Waals surface area contributed by atoms with E-state index in [0.717, 1.165) is 43.2 Å². The predicted octanol–water partition coefficient (Wildman–Crippen LogP) is -0.102. The molecule has 172 valence electrons. The van der Waals surface area contributed by atoms with Crippen molar-refractivity contribution in [3.8, 4) is 6.07 Å². The Balaban J connectivity index is 1.13. The Labute approximate surface area is 192 Å². The maximum Gasteiger partial charge on any atom is 0.248 e. The highest BCUT2D eigenvalue weighted by atomic mass is 16.2. The van der Waals surface area contributed by atoms with Gasteiger partial charge in [0.05, 0.1) is 24.2 Å². The molecule has 4 fully saturated rings. The highest BCUT2D eigenvalue weighted by Crippen LogP contribution is 2.48. The fourth-order valence-electron chi connectivity index (χ4n) is 6.75. The molecule has 2 bridgehead atoms. The van der Waals surface area contributed by atoms with Crippen LogP contribution in [-0.4, -0.2) is 75.7 Å². The second kappa shape index (κ2) is 7.27. The van der Waals surface area contributed by atoms with Crippen molar-refractivity contribution in [3.63, 3.8) is 0 Å². The van der Waals surface area contributed by atoms with E-state index in [-0.39, 0.29) is 42.0 Å². The lowest BCUT2D eigenvalue weighted by Gasteiger charge is -2.38. The second-order valence-corrected chi connectivity index (χ2v) is 10.2. The summed E-state index contributed by atoms with van der Waals surface area (Å²) in [7, 11) is 0. The standard InChI is InChI=1S/C24H28N6O3/c25-9-15-6-14-7-20(14)29(15)23(32)18(26)11-28-10-16-8-21(28)24(33)30(16)19-4-2-12-5-13(22(27)31)1-3-17(12)19/h1,3,5,14-16,18-21H,2,4,6-8,10-11,26H2,(H2,27,31)/t14?,15-,16-,18-,19+,20-,21-/m0/s1. The molecule has 0 aromatic heterocycles. The van der Waals surface area contributed by atoms with Gasteiger partial charge in [0.15, 0.2) is 0 Å². The molecule has 3 aliphatic heterocycles.